The minimum Gasteiger partial charge on any atom is -0.388 e. The number of aliphatic hydroxyl groups is 1. The number of aryl methyl sites for hydroxylation is 1. The maximum atomic E-state index is 9.51. The van der Waals surface area contributed by atoms with E-state index in [-0.39, 0.29) is 6.10 Å². The van der Waals surface area contributed by atoms with Crippen molar-refractivity contribution < 1.29 is 5.11 Å². The smallest absolute Gasteiger partial charge is 0.0790 e. The minimum atomic E-state index is -0.295. The highest BCUT2D eigenvalue weighted by Gasteiger charge is 2.05. The van der Waals surface area contributed by atoms with Crippen LogP contribution in [-0.4, -0.2) is 5.11 Å². The van der Waals surface area contributed by atoms with E-state index in [1.807, 2.05) is 52.0 Å². The van der Waals surface area contributed by atoms with Gasteiger partial charge in [0.25, 0.3) is 0 Å². The molecule has 1 heteroatoms. The molecule has 1 atom stereocenters. The molecule has 1 N–H and O–H groups in total. The van der Waals surface area contributed by atoms with Crippen LogP contribution in [-0.2, 0) is 0 Å². The lowest BCUT2D eigenvalue weighted by molar-refractivity contribution is 0.173. The molecule has 0 fully saturated rings. The highest BCUT2D eigenvalue weighted by molar-refractivity contribution is 5.27. The van der Waals surface area contributed by atoms with E-state index in [4.69, 9.17) is 0 Å². The Bertz CT molecular complexity index is 230. The first kappa shape index (κ1) is 12.2. The van der Waals surface area contributed by atoms with Crippen LogP contribution in [0.5, 0.6) is 0 Å². The van der Waals surface area contributed by atoms with Crippen LogP contribution in [0, 0.1) is 6.92 Å². The first-order chi connectivity index (χ1) is 6.25. The van der Waals surface area contributed by atoms with Crippen molar-refractivity contribution in [2.75, 3.05) is 0 Å². The van der Waals surface area contributed by atoms with Crippen molar-refractivity contribution >= 4 is 0 Å². The van der Waals surface area contributed by atoms with Gasteiger partial charge in [0.2, 0.25) is 0 Å². The summed E-state index contributed by atoms with van der Waals surface area (Å²) in [5, 5.41) is 9.51. The third kappa shape index (κ3) is 3.60. The Morgan fingerprint density at radius 2 is 1.77 bits per heavy atom. The standard InChI is InChI=1S/C10H14O.C2H6/c1-3-10(11)9-7-5-4-6-8(9)2;1-2/h4-7,10-11H,3H2,1-2H3;1-2H3/t10-;/m1./s1. The van der Waals surface area contributed by atoms with E-state index in [2.05, 4.69) is 0 Å². The highest BCUT2D eigenvalue weighted by atomic mass is 16.3. The van der Waals surface area contributed by atoms with Crippen molar-refractivity contribution in [1.29, 1.82) is 0 Å². The van der Waals surface area contributed by atoms with Gasteiger partial charge in [-0.2, -0.15) is 0 Å². The van der Waals surface area contributed by atoms with Crippen LogP contribution in [0.4, 0.5) is 0 Å². The van der Waals surface area contributed by atoms with Crippen LogP contribution in [0.2, 0.25) is 0 Å². The van der Waals surface area contributed by atoms with Gasteiger partial charge in [0, 0.05) is 0 Å². The van der Waals surface area contributed by atoms with E-state index >= 15 is 0 Å². The van der Waals surface area contributed by atoms with Gasteiger partial charge < -0.3 is 5.11 Å². The van der Waals surface area contributed by atoms with Crippen molar-refractivity contribution in [2.45, 2.75) is 40.2 Å². The van der Waals surface area contributed by atoms with E-state index in [0.717, 1.165) is 12.0 Å². The SMILES string of the molecule is CC.CC[C@@H](O)c1ccccc1C. The molecule has 0 saturated heterocycles. The summed E-state index contributed by atoms with van der Waals surface area (Å²) in [4.78, 5) is 0. The zero-order valence-corrected chi connectivity index (χ0v) is 9.04. The Hall–Kier alpha value is -0.820. The second-order valence-corrected chi connectivity index (χ2v) is 2.78. The number of aliphatic hydroxyl groups excluding tert-OH is 1. The van der Waals surface area contributed by atoms with E-state index in [1.54, 1.807) is 0 Å². The second kappa shape index (κ2) is 6.67. The largest absolute Gasteiger partial charge is 0.388 e. The number of hydrogen-bond acceptors (Lipinski definition) is 1. The topological polar surface area (TPSA) is 20.2 Å². The van der Waals surface area contributed by atoms with Crippen LogP contribution in [0.3, 0.4) is 0 Å². The van der Waals surface area contributed by atoms with Crippen molar-refractivity contribution in [3.05, 3.63) is 35.4 Å². The number of hydrogen-bond donors (Lipinski definition) is 1. The molecule has 13 heavy (non-hydrogen) atoms. The molecule has 0 aliphatic rings. The zero-order chi connectivity index (χ0) is 10.3. The van der Waals surface area contributed by atoms with Crippen LogP contribution in [0.15, 0.2) is 24.3 Å². The van der Waals surface area contributed by atoms with Crippen LogP contribution in [0.25, 0.3) is 0 Å². The van der Waals surface area contributed by atoms with Crippen molar-refractivity contribution in [1.82, 2.24) is 0 Å². The highest BCUT2D eigenvalue weighted by Crippen LogP contribution is 2.19. The molecule has 0 radical (unpaired) electrons. The van der Waals surface area contributed by atoms with Crippen LogP contribution < -0.4 is 0 Å². The maximum Gasteiger partial charge on any atom is 0.0790 e. The minimum absolute atomic E-state index is 0.295. The monoisotopic (exact) mass is 180 g/mol. The molecule has 0 bridgehead atoms. The first-order valence-electron chi connectivity index (χ1n) is 4.99. The van der Waals surface area contributed by atoms with Gasteiger partial charge in [-0.1, -0.05) is 45.0 Å². The van der Waals surface area contributed by atoms with Crippen molar-refractivity contribution in [3.8, 4) is 0 Å². The van der Waals surface area contributed by atoms with Gasteiger partial charge in [-0.3, -0.25) is 0 Å². The Kier molecular flexibility index (Phi) is 6.25. The van der Waals surface area contributed by atoms with Crippen molar-refractivity contribution in [2.24, 2.45) is 0 Å². The molecule has 0 aromatic heterocycles. The third-order valence-electron chi connectivity index (χ3n) is 1.93. The fourth-order valence-electron chi connectivity index (χ4n) is 1.18. The fraction of sp³-hybridized carbons (Fsp3) is 0.500. The summed E-state index contributed by atoms with van der Waals surface area (Å²) < 4.78 is 0. The molecule has 0 heterocycles. The zero-order valence-electron chi connectivity index (χ0n) is 9.04. The molecule has 1 aromatic rings. The predicted octanol–water partition coefficient (Wildman–Crippen LogP) is 3.46. The lowest BCUT2D eigenvalue weighted by Gasteiger charge is -2.10. The van der Waals surface area contributed by atoms with E-state index in [0.29, 0.717) is 0 Å². The molecule has 0 unspecified atom stereocenters. The summed E-state index contributed by atoms with van der Waals surface area (Å²) in [5.41, 5.74) is 2.22. The van der Waals surface area contributed by atoms with Crippen LogP contribution in [0.1, 0.15) is 44.4 Å². The molecule has 1 nitrogen and oxygen atoms in total. The molecule has 0 aliphatic heterocycles. The average molecular weight is 180 g/mol. The molecule has 1 aromatic carbocycles. The molecular weight excluding hydrogens is 160 g/mol. The second-order valence-electron chi connectivity index (χ2n) is 2.78. The lowest BCUT2D eigenvalue weighted by atomic mass is 10.0. The van der Waals surface area contributed by atoms with Crippen molar-refractivity contribution in [3.63, 3.8) is 0 Å². The Labute approximate surface area is 81.4 Å². The fourth-order valence-corrected chi connectivity index (χ4v) is 1.18. The van der Waals surface area contributed by atoms with Gasteiger partial charge >= 0.3 is 0 Å². The van der Waals surface area contributed by atoms with E-state index < -0.39 is 0 Å². The normalized spacial score (nSPS) is 11.5. The summed E-state index contributed by atoms with van der Waals surface area (Å²) in [6.07, 6.45) is 0.487. The molecule has 74 valence electrons. The predicted molar refractivity (Wildman–Crippen MR) is 57.8 cm³/mol. The van der Waals surface area contributed by atoms with Crippen LogP contribution >= 0.6 is 0 Å². The van der Waals surface area contributed by atoms with Gasteiger partial charge in [0.15, 0.2) is 0 Å². The molecular formula is C12H20O. The van der Waals surface area contributed by atoms with E-state index in [9.17, 15) is 5.11 Å². The van der Waals surface area contributed by atoms with Gasteiger partial charge in [-0.25, -0.2) is 0 Å². The van der Waals surface area contributed by atoms with Gasteiger partial charge in [-0.05, 0) is 24.5 Å². The van der Waals surface area contributed by atoms with E-state index in [1.165, 1.54) is 5.56 Å². The molecule has 0 aliphatic carbocycles. The molecule has 0 saturated carbocycles. The lowest BCUT2D eigenvalue weighted by Crippen LogP contribution is -1.97. The number of benzene rings is 1. The Morgan fingerprint density at radius 3 is 2.23 bits per heavy atom. The third-order valence-corrected chi connectivity index (χ3v) is 1.93. The molecule has 0 amide bonds. The quantitative estimate of drug-likeness (QED) is 0.739. The maximum absolute atomic E-state index is 9.51. The van der Waals surface area contributed by atoms with Gasteiger partial charge in [-0.15, -0.1) is 0 Å². The summed E-state index contributed by atoms with van der Waals surface area (Å²) in [7, 11) is 0. The Balaban J connectivity index is 0.000000671. The first-order valence-corrected chi connectivity index (χ1v) is 4.99. The van der Waals surface area contributed by atoms with Gasteiger partial charge in [0.1, 0.15) is 0 Å². The van der Waals surface area contributed by atoms with Gasteiger partial charge in [0.05, 0.1) is 6.10 Å². The summed E-state index contributed by atoms with van der Waals surface area (Å²) >= 11 is 0. The number of rotatable bonds is 2. The summed E-state index contributed by atoms with van der Waals surface area (Å²) in [6, 6.07) is 7.94. The summed E-state index contributed by atoms with van der Waals surface area (Å²) in [5.74, 6) is 0. The molecule has 1 rings (SSSR count). The Morgan fingerprint density at radius 1 is 1.23 bits per heavy atom. The average Bonchev–Trinajstić information content (AvgIpc) is 2.20. The molecule has 0 spiro atoms. The summed E-state index contributed by atoms with van der Waals surface area (Å²) in [6.45, 7) is 8.01.